The van der Waals surface area contributed by atoms with Crippen molar-refractivity contribution in [1.29, 1.82) is 0 Å². The van der Waals surface area contributed by atoms with Gasteiger partial charge in [-0.25, -0.2) is 4.99 Å². The molecule has 1 aliphatic heterocycles. The normalized spacial score (nSPS) is 20.2. The monoisotopic (exact) mass is 227 g/mol. The van der Waals surface area contributed by atoms with Crippen molar-refractivity contribution >= 4 is 5.96 Å². The van der Waals surface area contributed by atoms with Gasteiger partial charge in [0, 0.05) is 19.7 Å². The SMILES string of the molecule is CCOC1CCN(C(N)=NC(C)(C)C)CC1. The Balaban J connectivity index is 2.44. The summed E-state index contributed by atoms with van der Waals surface area (Å²) < 4.78 is 5.60. The Labute approximate surface area is 98.9 Å². The zero-order valence-corrected chi connectivity index (χ0v) is 11.0. The second-order valence-corrected chi connectivity index (χ2v) is 5.28. The van der Waals surface area contributed by atoms with Crippen LogP contribution in [0, 0.1) is 0 Å². The molecular weight excluding hydrogens is 202 g/mol. The van der Waals surface area contributed by atoms with E-state index in [1.165, 1.54) is 0 Å². The Morgan fingerprint density at radius 1 is 1.38 bits per heavy atom. The highest BCUT2D eigenvalue weighted by Crippen LogP contribution is 2.14. The third kappa shape index (κ3) is 4.39. The van der Waals surface area contributed by atoms with E-state index in [2.05, 4.69) is 30.7 Å². The van der Waals surface area contributed by atoms with E-state index in [0.29, 0.717) is 12.1 Å². The largest absolute Gasteiger partial charge is 0.378 e. The van der Waals surface area contributed by atoms with Crippen LogP contribution in [0.4, 0.5) is 0 Å². The van der Waals surface area contributed by atoms with Crippen LogP contribution in [-0.4, -0.2) is 42.2 Å². The number of piperidine rings is 1. The molecule has 0 aliphatic carbocycles. The van der Waals surface area contributed by atoms with Crippen molar-refractivity contribution in [2.75, 3.05) is 19.7 Å². The van der Waals surface area contributed by atoms with E-state index in [1.54, 1.807) is 0 Å². The summed E-state index contributed by atoms with van der Waals surface area (Å²) in [4.78, 5) is 6.64. The highest BCUT2D eigenvalue weighted by molar-refractivity contribution is 5.78. The molecule has 1 saturated heterocycles. The van der Waals surface area contributed by atoms with Gasteiger partial charge in [0.05, 0.1) is 11.6 Å². The molecule has 1 aliphatic rings. The van der Waals surface area contributed by atoms with Crippen molar-refractivity contribution in [2.45, 2.75) is 52.2 Å². The summed E-state index contributed by atoms with van der Waals surface area (Å²) in [5, 5.41) is 0. The molecule has 16 heavy (non-hydrogen) atoms. The number of nitrogens with zero attached hydrogens (tertiary/aromatic N) is 2. The first kappa shape index (κ1) is 13.3. The zero-order chi connectivity index (χ0) is 12.2. The number of hydrogen-bond donors (Lipinski definition) is 1. The molecule has 0 atom stereocenters. The number of ether oxygens (including phenoxy) is 1. The molecule has 0 unspecified atom stereocenters. The molecule has 0 radical (unpaired) electrons. The highest BCUT2D eigenvalue weighted by Gasteiger charge is 2.21. The van der Waals surface area contributed by atoms with Crippen LogP contribution >= 0.6 is 0 Å². The molecule has 0 aromatic heterocycles. The van der Waals surface area contributed by atoms with Crippen molar-refractivity contribution < 1.29 is 4.74 Å². The van der Waals surface area contributed by atoms with Gasteiger partial charge in [-0.05, 0) is 40.5 Å². The molecule has 0 saturated carbocycles. The molecule has 1 heterocycles. The number of rotatable bonds is 2. The third-order valence-electron chi connectivity index (χ3n) is 2.62. The van der Waals surface area contributed by atoms with E-state index < -0.39 is 0 Å². The first-order chi connectivity index (χ1) is 7.42. The molecule has 0 aromatic carbocycles. The highest BCUT2D eigenvalue weighted by atomic mass is 16.5. The topological polar surface area (TPSA) is 50.9 Å². The van der Waals surface area contributed by atoms with Crippen molar-refractivity contribution in [2.24, 2.45) is 10.7 Å². The second kappa shape index (κ2) is 5.53. The summed E-state index contributed by atoms with van der Waals surface area (Å²) >= 11 is 0. The van der Waals surface area contributed by atoms with E-state index in [0.717, 1.165) is 32.5 Å². The predicted octanol–water partition coefficient (Wildman–Crippen LogP) is 1.60. The number of nitrogens with two attached hydrogens (primary N) is 1. The molecule has 4 heteroatoms. The summed E-state index contributed by atoms with van der Waals surface area (Å²) in [5.41, 5.74) is 5.89. The van der Waals surface area contributed by atoms with Crippen molar-refractivity contribution in [1.82, 2.24) is 4.90 Å². The Bertz CT molecular complexity index is 237. The van der Waals surface area contributed by atoms with Crippen molar-refractivity contribution in [3.8, 4) is 0 Å². The molecule has 0 spiro atoms. The molecule has 0 aromatic rings. The fourth-order valence-electron chi connectivity index (χ4n) is 1.90. The minimum Gasteiger partial charge on any atom is -0.378 e. The lowest BCUT2D eigenvalue weighted by Gasteiger charge is -2.33. The summed E-state index contributed by atoms with van der Waals surface area (Å²) in [6.45, 7) is 10.9. The zero-order valence-electron chi connectivity index (χ0n) is 11.0. The van der Waals surface area contributed by atoms with Crippen LogP contribution in [-0.2, 0) is 4.74 Å². The molecule has 0 amide bonds. The van der Waals surface area contributed by atoms with Crippen LogP contribution in [0.3, 0.4) is 0 Å². The van der Waals surface area contributed by atoms with Crippen LogP contribution < -0.4 is 5.73 Å². The van der Waals surface area contributed by atoms with Gasteiger partial charge in [-0.2, -0.15) is 0 Å². The van der Waals surface area contributed by atoms with Gasteiger partial charge < -0.3 is 15.4 Å². The lowest BCUT2D eigenvalue weighted by Crippen LogP contribution is -2.45. The average Bonchev–Trinajstić information content (AvgIpc) is 2.16. The Kier molecular flexibility index (Phi) is 4.59. The van der Waals surface area contributed by atoms with E-state index >= 15 is 0 Å². The van der Waals surface area contributed by atoms with Crippen molar-refractivity contribution in [3.05, 3.63) is 0 Å². The maximum absolute atomic E-state index is 5.99. The summed E-state index contributed by atoms with van der Waals surface area (Å²) in [6.07, 6.45) is 2.51. The standard InChI is InChI=1S/C12H25N3O/c1-5-16-10-6-8-15(9-7-10)11(13)14-12(2,3)4/h10H,5-9H2,1-4H3,(H2,13,14). The maximum atomic E-state index is 5.99. The van der Waals surface area contributed by atoms with Crippen LogP contribution in [0.1, 0.15) is 40.5 Å². The van der Waals surface area contributed by atoms with Gasteiger partial charge in [-0.1, -0.05) is 0 Å². The molecule has 1 rings (SSSR count). The van der Waals surface area contributed by atoms with E-state index in [1.807, 2.05) is 6.92 Å². The van der Waals surface area contributed by atoms with Crippen LogP contribution in [0.5, 0.6) is 0 Å². The van der Waals surface area contributed by atoms with Gasteiger partial charge in [0.25, 0.3) is 0 Å². The molecular formula is C12H25N3O. The number of hydrogen-bond acceptors (Lipinski definition) is 2. The quantitative estimate of drug-likeness (QED) is 0.576. The lowest BCUT2D eigenvalue weighted by atomic mass is 10.1. The van der Waals surface area contributed by atoms with E-state index in [9.17, 15) is 0 Å². The minimum absolute atomic E-state index is 0.0964. The second-order valence-electron chi connectivity index (χ2n) is 5.28. The van der Waals surface area contributed by atoms with Crippen molar-refractivity contribution in [3.63, 3.8) is 0 Å². The molecule has 4 nitrogen and oxygen atoms in total. The maximum Gasteiger partial charge on any atom is 0.191 e. The van der Waals surface area contributed by atoms with Crippen LogP contribution in [0.25, 0.3) is 0 Å². The summed E-state index contributed by atoms with van der Waals surface area (Å²) in [6, 6.07) is 0. The van der Waals surface area contributed by atoms with Gasteiger partial charge in [0.15, 0.2) is 5.96 Å². The minimum atomic E-state index is -0.0964. The number of guanidine groups is 1. The fraction of sp³-hybridized carbons (Fsp3) is 0.917. The summed E-state index contributed by atoms with van der Waals surface area (Å²) in [5.74, 6) is 0.669. The smallest absolute Gasteiger partial charge is 0.191 e. The Morgan fingerprint density at radius 3 is 2.38 bits per heavy atom. The summed E-state index contributed by atoms with van der Waals surface area (Å²) in [7, 11) is 0. The molecule has 2 N–H and O–H groups in total. The Hall–Kier alpha value is -0.770. The van der Waals surface area contributed by atoms with Gasteiger partial charge >= 0.3 is 0 Å². The number of aliphatic imine (C=N–C) groups is 1. The number of likely N-dealkylation sites (tertiary alicyclic amines) is 1. The first-order valence-electron chi connectivity index (χ1n) is 6.14. The van der Waals surface area contributed by atoms with E-state index in [4.69, 9.17) is 10.5 Å². The predicted molar refractivity (Wildman–Crippen MR) is 67.6 cm³/mol. The third-order valence-corrected chi connectivity index (χ3v) is 2.62. The Morgan fingerprint density at radius 2 is 1.94 bits per heavy atom. The first-order valence-corrected chi connectivity index (χ1v) is 6.14. The van der Waals surface area contributed by atoms with Gasteiger partial charge in [0.2, 0.25) is 0 Å². The van der Waals surface area contributed by atoms with Crippen LogP contribution in [0.15, 0.2) is 4.99 Å². The molecule has 94 valence electrons. The van der Waals surface area contributed by atoms with Gasteiger partial charge in [-0.15, -0.1) is 0 Å². The van der Waals surface area contributed by atoms with E-state index in [-0.39, 0.29) is 5.54 Å². The lowest BCUT2D eigenvalue weighted by molar-refractivity contribution is 0.0266. The fourth-order valence-corrected chi connectivity index (χ4v) is 1.90. The average molecular weight is 227 g/mol. The molecule has 0 bridgehead atoms. The van der Waals surface area contributed by atoms with Gasteiger partial charge in [-0.3, -0.25) is 0 Å². The molecule has 1 fully saturated rings. The van der Waals surface area contributed by atoms with Crippen LogP contribution in [0.2, 0.25) is 0 Å². The van der Waals surface area contributed by atoms with Gasteiger partial charge in [0.1, 0.15) is 0 Å².